The third kappa shape index (κ3) is 12.0. The van der Waals surface area contributed by atoms with Gasteiger partial charge in [-0.1, -0.05) is 297 Å². The van der Waals surface area contributed by atoms with Crippen molar-refractivity contribution in [1.29, 1.82) is 0 Å². The number of furan rings is 4. The Morgan fingerprint density at radius 1 is 0.135 bits per heavy atom. The van der Waals surface area contributed by atoms with Gasteiger partial charge in [0.2, 0.25) is 0 Å². The molecule has 12 heteroatoms. The second-order valence-electron chi connectivity index (χ2n) is 38.9. The van der Waals surface area contributed by atoms with Gasteiger partial charge < -0.3 is 35.9 Å². The highest BCUT2D eigenvalue weighted by molar-refractivity contribution is 7.28. The number of hydrogen-bond donors (Lipinski definition) is 0. The summed E-state index contributed by atoms with van der Waals surface area (Å²) >= 11 is 7.55. The molecule has 0 bridgehead atoms. The van der Waals surface area contributed by atoms with E-state index in [4.69, 9.17) is 17.7 Å². The Hall–Kier alpha value is -18.4. The Labute approximate surface area is 856 Å². The first-order valence-corrected chi connectivity index (χ1v) is 53.4. The minimum Gasteiger partial charge on any atom is -0.456 e. The number of hydrogen-bond acceptors (Lipinski definition) is 8. The summed E-state index contributed by atoms with van der Waals surface area (Å²) < 4.78 is 45.6. The first kappa shape index (κ1) is 82.1. The van der Waals surface area contributed by atoms with Gasteiger partial charge in [-0.2, -0.15) is 0 Å². The van der Waals surface area contributed by atoms with Crippen LogP contribution < -0.4 is 0 Å². The molecule has 0 atom stereocenters. The lowest BCUT2D eigenvalue weighted by Gasteiger charge is -2.11. The van der Waals surface area contributed by atoms with E-state index in [2.05, 4.69) is 431 Å². The van der Waals surface area contributed by atoms with E-state index in [9.17, 15) is 0 Å². The van der Waals surface area contributed by atoms with Crippen molar-refractivity contribution in [3.8, 4) is 22.7 Å². The number of aromatic nitrogens is 4. The molecule has 0 spiro atoms. The van der Waals surface area contributed by atoms with Crippen molar-refractivity contribution in [1.82, 2.24) is 18.3 Å². The molecular formula is C136H76N4O4S4. The normalized spacial score (nSPS) is 12.3. The van der Waals surface area contributed by atoms with Gasteiger partial charge in [-0.05, 0) is 177 Å². The fraction of sp³-hybridized carbons (Fsp3) is 0. The minimum atomic E-state index is 0.913. The molecule has 148 heavy (non-hydrogen) atoms. The number of nitrogens with zero attached hydrogens (tertiary/aromatic N) is 4. The predicted molar refractivity (Wildman–Crippen MR) is 634 cm³/mol. The molecule has 0 saturated carbocycles. The molecule has 0 fully saturated rings. The molecule has 0 unspecified atom stereocenters. The lowest BCUT2D eigenvalue weighted by Crippen LogP contribution is -1.94. The SMILES string of the molecule is c1ccc2c(c1)ccc1c2c2ccc3c4ccccc4sc3c2n1-c1ccc2c(c1)oc1ccccc12.c1ccc2c(c1)oc1cc(-n3c4ccccc4c4c5ccccc5c5c6ccccc6sc5c43)ccc12.c1ccc2c(c1)oc1cc(-n3c4ccccc4c4c5sc6ccccc6c5c5ccccc5c43)ccc12.c1ccc2cc3c(cc2c1)c1cc2sc4ccccc4c2cc1n3-c1ccc2c(c1)oc1ccccc12. The zero-order valence-corrected chi connectivity index (χ0v) is 82.2. The highest BCUT2D eigenvalue weighted by atomic mass is 32.1. The van der Waals surface area contributed by atoms with Gasteiger partial charge in [-0.15, -0.1) is 45.3 Å². The number of fused-ring (bicyclic) bond motifs is 48. The van der Waals surface area contributed by atoms with Crippen molar-refractivity contribution in [2.75, 3.05) is 0 Å². The van der Waals surface area contributed by atoms with Crippen LogP contribution in [0.25, 0.3) is 322 Å². The molecule has 12 heterocycles. The van der Waals surface area contributed by atoms with E-state index in [1.165, 1.54) is 211 Å². The number of benzene rings is 24. The quantitative estimate of drug-likeness (QED) is 0.176. The van der Waals surface area contributed by atoms with Gasteiger partial charge in [0.15, 0.2) is 0 Å². The van der Waals surface area contributed by atoms with E-state index >= 15 is 0 Å². The molecule has 0 N–H and O–H groups in total. The predicted octanol–water partition coefficient (Wildman–Crippen LogP) is 40.8. The minimum absolute atomic E-state index is 0.913. The molecule has 0 aliphatic carbocycles. The molecule has 0 radical (unpaired) electrons. The first-order valence-electron chi connectivity index (χ1n) is 50.1. The van der Waals surface area contributed by atoms with E-state index in [0.717, 1.165) is 111 Å². The molecule has 24 aromatic carbocycles. The summed E-state index contributed by atoms with van der Waals surface area (Å²) in [5.74, 6) is 0. The van der Waals surface area contributed by atoms with E-state index in [-0.39, 0.29) is 0 Å². The van der Waals surface area contributed by atoms with Crippen molar-refractivity contribution < 1.29 is 17.7 Å². The van der Waals surface area contributed by atoms with Crippen LogP contribution in [0.1, 0.15) is 0 Å². The molecule has 0 aliphatic rings. The van der Waals surface area contributed by atoms with Crippen molar-refractivity contribution >= 4 is 344 Å². The lowest BCUT2D eigenvalue weighted by molar-refractivity contribution is 0.668. The fourth-order valence-corrected chi connectivity index (χ4v) is 29.6. The topological polar surface area (TPSA) is 72.3 Å². The highest BCUT2D eigenvalue weighted by Gasteiger charge is 2.29. The Morgan fingerprint density at radius 2 is 0.480 bits per heavy atom. The summed E-state index contributed by atoms with van der Waals surface area (Å²) in [7, 11) is 0. The Bertz CT molecular complexity index is 12000. The van der Waals surface area contributed by atoms with Gasteiger partial charge in [-0.3, -0.25) is 0 Å². The highest BCUT2D eigenvalue weighted by Crippen LogP contribution is 2.54. The van der Waals surface area contributed by atoms with E-state index in [1.807, 2.05) is 93.9 Å². The van der Waals surface area contributed by atoms with Gasteiger partial charge in [0, 0.05) is 210 Å². The van der Waals surface area contributed by atoms with Gasteiger partial charge in [-0.25, -0.2) is 0 Å². The molecule has 0 aliphatic heterocycles. The van der Waals surface area contributed by atoms with Crippen LogP contribution in [-0.4, -0.2) is 18.3 Å². The van der Waals surface area contributed by atoms with Gasteiger partial charge in [0.05, 0.1) is 53.5 Å². The third-order valence-electron chi connectivity index (χ3n) is 31.1. The molecule has 0 saturated heterocycles. The Balaban J connectivity index is 0.0000000859. The van der Waals surface area contributed by atoms with Gasteiger partial charge >= 0.3 is 0 Å². The average molecular weight is 1960 g/mol. The molecule has 36 aromatic rings. The molecule has 8 nitrogen and oxygen atoms in total. The van der Waals surface area contributed by atoms with E-state index in [1.54, 1.807) is 0 Å². The molecule has 688 valence electrons. The second-order valence-corrected chi connectivity index (χ2v) is 43.2. The number of rotatable bonds is 4. The largest absolute Gasteiger partial charge is 0.456 e. The van der Waals surface area contributed by atoms with Crippen LogP contribution in [0.5, 0.6) is 0 Å². The number of para-hydroxylation sites is 6. The Morgan fingerprint density at radius 3 is 1.02 bits per heavy atom. The summed E-state index contributed by atoms with van der Waals surface area (Å²) in [6.07, 6.45) is 0. The summed E-state index contributed by atoms with van der Waals surface area (Å²) in [5.41, 5.74) is 21.7. The maximum absolute atomic E-state index is 6.31. The monoisotopic (exact) mass is 1960 g/mol. The molecular weight excluding hydrogens is 1880 g/mol. The van der Waals surface area contributed by atoms with Crippen molar-refractivity contribution in [3.63, 3.8) is 0 Å². The Kier molecular flexibility index (Phi) is 17.5. The molecule has 0 amide bonds. The summed E-state index contributed by atoms with van der Waals surface area (Å²) in [4.78, 5) is 0. The molecule has 36 rings (SSSR count). The maximum Gasteiger partial charge on any atom is 0.137 e. The standard InChI is InChI=1S/4C34H19NOS/c1-2-11-24-23(10-1)31-26-13-5-8-16-30(26)37-34(31)32-25-12-3-6-14-27(25)35(33(24)32)20-17-18-22-21-9-4-7-15-28(21)36-29(22)19-20;1-2-11-24-23(10-1)31-25-12-3-6-14-27(25)35(33(31)34-32(24)26-13-5-8-16-30(26)37-34)20-17-18-22-21-9-4-7-15-28(21)36-29(22)19-20;1-2-8-22-20(7-1)13-18-28-32(22)27-17-16-26-25-10-4-6-12-31(25)37-34(26)33(27)35(28)21-14-15-24-23-9-3-5-11-29(23)36-30(24)19-21;1-2-8-21-16-29-26(15-20(21)7-1)27-19-34-28(25-10-4-6-12-33(25)37-34)18-30(27)35(29)22-13-14-24-23-9-3-5-11-31(23)36-32(24)17-22/h4*1-19H. The van der Waals surface area contributed by atoms with E-state index < -0.39 is 0 Å². The van der Waals surface area contributed by atoms with Crippen LogP contribution in [0, 0.1) is 0 Å². The van der Waals surface area contributed by atoms with Crippen LogP contribution >= 0.6 is 45.3 Å². The summed E-state index contributed by atoms with van der Waals surface area (Å²) in [6, 6.07) is 166. The van der Waals surface area contributed by atoms with Crippen LogP contribution in [0.3, 0.4) is 0 Å². The molecule has 12 aromatic heterocycles. The van der Waals surface area contributed by atoms with Crippen molar-refractivity contribution in [2.45, 2.75) is 0 Å². The maximum atomic E-state index is 6.31. The zero-order valence-electron chi connectivity index (χ0n) is 78.9. The lowest BCUT2D eigenvalue weighted by atomic mass is 9.99. The summed E-state index contributed by atoms with van der Waals surface area (Å²) in [6.45, 7) is 0. The second kappa shape index (κ2) is 31.6. The van der Waals surface area contributed by atoms with Gasteiger partial charge in [0.25, 0.3) is 0 Å². The van der Waals surface area contributed by atoms with Gasteiger partial charge in [0.1, 0.15) is 44.7 Å². The van der Waals surface area contributed by atoms with Crippen LogP contribution in [0.2, 0.25) is 0 Å². The zero-order chi connectivity index (χ0) is 96.3. The van der Waals surface area contributed by atoms with Crippen LogP contribution in [0.4, 0.5) is 0 Å². The third-order valence-corrected chi connectivity index (χ3v) is 35.8. The van der Waals surface area contributed by atoms with E-state index in [0.29, 0.717) is 0 Å². The van der Waals surface area contributed by atoms with Crippen molar-refractivity contribution in [3.05, 3.63) is 461 Å². The fourth-order valence-electron chi connectivity index (χ4n) is 24.7. The smallest absolute Gasteiger partial charge is 0.137 e. The van der Waals surface area contributed by atoms with Crippen LogP contribution in [-0.2, 0) is 0 Å². The first-order chi connectivity index (χ1) is 73.4. The van der Waals surface area contributed by atoms with Crippen LogP contribution in [0.15, 0.2) is 479 Å². The van der Waals surface area contributed by atoms with Crippen molar-refractivity contribution in [2.24, 2.45) is 0 Å². The summed E-state index contributed by atoms with van der Waals surface area (Å²) in [5, 5.41) is 40.4. The average Bonchev–Trinajstić information content (AvgIpc) is 1.54. The number of thiophene rings is 4.